The second-order valence-corrected chi connectivity index (χ2v) is 4.53. The van der Waals surface area contributed by atoms with Gasteiger partial charge in [0.05, 0.1) is 12.2 Å². The van der Waals surface area contributed by atoms with Crippen LogP contribution >= 0.6 is 0 Å². The molecule has 1 aliphatic heterocycles. The van der Waals surface area contributed by atoms with Gasteiger partial charge in [-0.2, -0.15) is 0 Å². The van der Waals surface area contributed by atoms with Crippen molar-refractivity contribution < 1.29 is 14.6 Å². The van der Waals surface area contributed by atoms with Gasteiger partial charge in [0.25, 0.3) is 0 Å². The Morgan fingerprint density at radius 1 is 1.35 bits per heavy atom. The van der Waals surface area contributed by atoms with E-state index in [0.29, 0.717) is 18.7 Å². The van der Waals surface area contributed by atoms with E-state index in [-0.39, 0.29) is 11.9 Å². The van der Waals surface area contributed by atoms with E-state index in [1.807, 2.05) is 4.90 Å². The Morgan fingerprint density at radius 2 is 1.94 bits per heavy atom. The van der Waals surface area contributed by atoms with E-state index in [2.05, 4.69) is 0 Å². The van der Waals surface area contributed by atoms with E-state index < -0.39 is 12.2 Å². The van der Waals surface area contributed by atoms with E-state index >= 15 is 0 Å². The van der Waals surface area contributed by atoms with Gasteiger partial charge in [-0.05, 0) is 30.7 Å². The maximum Gasteiger partial charge on any atom is 0.123 e. The lowest BCUT2D eigenvalue weighted by Crippen LogP contribution is -2.24. The first-order valence-electron chi connectivity index (χ1n) is 5.65. The monoisotopic (exact) mass is 240 g/mol. The highest BCUT2D eigenvalue weighted by Gasteiger charge is 2.31. The van der Waals surface area contributed by atoms with Crippen LogP contribution in [0, 0.1) is 5.82 Å². The van der Waals surface area contributed by atoms with Gasteiger partial charge in [0.2, 0.25) is 0 Å². The molecule has 4 nitrogen and oxygen atoms in total. The number of rotatable bonds is 2. The van der Waals surface area contributed by atoms with Crippen LogP contribution in [-0.2, 0) is 0 Å². The number of nitrogens with two attached hydrogens (primary N) is 1. The molecule has 1 aliphatic rings. The molecule has 1 aromatic rings. The maximum atomic E-state index is 13.2. The summed E-state index contributed by atoms with van der Waals surface area (Å²) in [5, 5.41) is 19.0. The quantitative estimate of drug-likeness (QED) is 0.699. The lowest BCUT2D eigenvalue weighted by molar-refractivity contribution is 0.0572. The second kappa shape index (κ2) is 4.60. The maximum absolute atomic E-state index is 13.2. The number of benzene rings is 1. The van der Waals surface area contributed by atoms with E-state index in [1.165, 1.54) is 12.1 Å². The van der Waals surface area contributed by atoms with Crippen LogP contribution in [0.4, 0.5) is 10.1 Å². The summed E-state index contributed by atoms with van der Waals surface area (Å²) in [5.74, 6) is -0.332. The van der Waals surface area contributed by atoms with Crippen molar-refractivity contribution in [3.05, 3.63) is 29.6 Å². The van der Waals surface area contributed by atoms with Crippen LogP contribution in [0.15, 0.2) is 18.2 Å². The van der Waals surface area contributed by atoms with Crippen LogP contribution in [0.5, 0.6) is 0 Å². The number of nitrogens with zero attached hydrogens (tertiary/aromatic N) is 1. The van der Waals surface area contributed by atoms with Crippen molar-refractivity contribution in [1.82, 2.24) is 0 Å². The number of β-amino-alcohol motifs (C(OH)–C–C–N with tert-alkyl or cyclic N) is 2. The van der Waals surface area contributed by atoms with Crippen LogP contribution in [0.1, 0.15) is 18.5 Å². The van der Waals surface area contributed by atoms with Gasteiger partial charge in [-0.15, -0.1) is 0 Å². The predicted molar refractivity (Wildman–Crippen MR) is 63.2 cm³/mol. The third kappa shape index (κ3) is 2.41. The number of aliphatic hydroxyl groups excluding tert-OH is 2. The number of hydrogen-bond acceptors (Lipinski definition) is 4. The summed E-state index contributed by atoms with van der Waals surface area (Å²) in [4.78, 5) is 1.83. The fourth-order valence-electron chi connectivity index (χ4n) is 2.14. The average Bonchev–Trinajstić information content (AvgIpc) is 2.59. The minimum absolute atomic E-state index is 0.296. The Labute approximate surface area is 99.5 Å². The van der Waals surface area contributed by atoms with E-state index in [0.717, 1.165) is 5.69 Å². The molecule has 0 aliphatic carbocycles. The van der Waals surface area contributed by atoms with Gasteiger partial charge in [0.15, 0.2) is 0 Å². The lowest BCUT2D eigenvalue weighted by atomic mass is 10.1. The summed E-state index contributed by atoms with van der Waals surface area (Å²) in [6, 6.07) is 4.10. The standard InChI is InChI=1S/C12H17FN2O2/c1-7(14)9-4-8(13)2-3-10(9)15-5-11(16)12(17)6-15/h2-4,7,11-12,16-17H,5-6,14H2,1H3. The van der Waals surface area contributed by atoms with Crippen molar-refractivity contribution in [1.29, 1.82) is 0 Å². The Balaban J connectivity index is 2.32. The van der Waals surface area contributed by atoms with Crippen molar-refractivity contribution in [3.63, 3.8) is 0 Å². The van der Waals surface area contributed by atoms with Gasteiger partial charge in [-0.25, -0.2) is 4.39 Å². The topological polar surface area (TPSA) is 69.7 Å². The van der Waals surface area contributed by atoms with Crippen LogP contribution in [0.25, 0.3) is 0 Å². The molecular weight excluding hydrogens is 223 g/mol. The molecule has 1 aromatic carbocycles. The minimum Gasteiger partial charge on any atom is -0.389 e. The normalized spacial score (nSPS) is 26.3. The summed E-state index contributed by atoms with van der Waals surface area (Å²) < 4.78 is 13.2. The van der Waals surface area contributed by atoms with Crippen LogP contribution in [0.3, 0.4) is 0 Å². The summed E-state index contributed by atoms with van der Waals surface area (Å²) in [6.07, 6.45) is -1.53. The van der Waals surface area contributed by atoms with Gasteiger partial charge in [0.1, 0.15) is 5.82 Å². The molecule has 3 atom stereocenters. The molecule has 1 saturated heterocycles. The Hall–Kier alpha value is -1.17. The first-order chi connectivity index (χ1) is 7.99. The fourth-order valence-corrected chi connectivity index (χ4v) is 2.14. The largest absolute Gasteiger partial charge is 0.389 e. The fraction of sp³-hybridized carbons (Fsp3) is 0.500. The van der Waals surface area contributed by atoms with Crippen molar-refractivity contribution in [2.75, 3.05) is 18.0 Å². The molecule has 1 fully saturated rings. The molecular formula is C12H17FN2O2. The molecule has 0 saturated carbocycles. The molecule has 0 amide bonds. The molecule has 0 radical (unpaired) electrons. The number of hydrogen-bond donors (Lipinski definition) is 3. The average molecular weight is 240 g/mol. The van der Waals surface area contributed by atoms with Gasteiger partial charge in [-0.1, -0.05) is 0 Å². The van der Waals surface area contributed by atoms with E-state index in [9.17, 15) is 14.6 Å². The first kappa shape index (κ1) is 12.3. The molecule has 17 heavy (non-hydrogen) atoms. The van der Waals surface area contributed by atoms with E-state index in [4.69, 9.17) is 5.73 Å². The highest BCUT2D eigenvalue weighted by Crippen LogP contribution is 2.29. The Bertz CT molecular complexity index is 401. The van der Waals surface area contributed by atoms with Crippen molar-refractivity contribution in [2.45, 2.75) is 25.2 Å². The van der Waals surface area contributed by atoms with Gasteiger partial charge in [-0.3, -0.25) is 0 Å². The highest BCUT2D eigenvalue weighted by atomic mass is 19.1. The molecule has 94 valence electrons. The zero-order valence-corrected chi connectivity index (χ0v) is 9.68. The molecule has 1 heterocycles. The molecule has 5 heteroatoms. The molecule has 0 spiro atoms. The van der Waals surface area contributed by atoms with Crippen LogP contribution in [-0.4, -0.2) is 35.5 Å². The Kier molecular flexibility index (Phi) is 3.33. The summed E-state index contributed by atoms with van der Waals surface area (Å²) >= 11 is 0. The number of anilines is 1. The van der Waals surface area contributed by atoms with Crippen LogP contribution in [0.2, 0.25) is 0 Å². The molecule has 0 bridgehead atoms. The highest BCUT2D eigenvalue weighted by molar-refractivity contribution is 5.56. The van der Waals surface area contributed by atoms with Gasteiger partial charge >= 0.3 is 0 Å². The number of aliphatic hydroxyl groups is 2. The summed E-state index contributed by atoms with van der Waals surface area (Å²) in [6.45, 7) is 2.46. The van der Waals surface area contributed by atoms with Gasteiger partial charge in [0, 0.05) is 24.8 Å². The van der Waals surface area contributed by atoms with Gasteiger partial charge < -0.3 is 20.8 Å². The summed E-state index contributed by atoms with van der Waals surface area (Å²) in [5.41, 5.74) is 7.26. The zero-order chi connectivity index (χ0) is 12.6. The minimum atomic E-state index is -0.763. The predicted octanol–water partition coefficient (Wildman–Crippen LogP) is 0.387. The van der Waals surface area contributed by atoms with Crippen molar-refractivity contribution >= 4 is 5.69 Å². The third-order valence-electron chi connectivity index (χ3n) is 3.08. The molecule has 2 rings (SSSR count). The Morgan fingerprint density at radius 3 is 2.47 bits per heavy atom. The first-order valence-corrected chi connectivity index (χ1v) is 5.65. The van der Waals surface area contributed by atoms with E-state index in [1.54, 1.807) is 13.0 Å². The smallest absolute Gasteiger partial charge is 0.123 e. The summed E-state index contributed by atoms with van der Waals surface area (Å²) in [7, 11) is 0. The number of halogens is 1. The lowest BCUT2D eigenvalue weighted by Gasteiger charge is -2.23. The van der Waals surface area contributed by atoms with Crippen LogP contribution < -0.4 is 10.6 Å². The molecule has 0 aromatic heterocycles. The van der Waals surface area contributed by atoms with Crippen molar-refractivity contribution in [3.8, 4) is 0 Å². The molecule has 3 unspecified atom stereocenters. The second-order valence-electron chi connectivity index (χ2n) is 4.53. The SMILES string of the molecule is CC(N)c1cc(F)ccc1N1CC(O)C(O)C1. The zero-order valence-electron chi connectivity index (χ0n) is 9.68. The van der Waals surface area contributed by atoms with Crippen molar-refractivity contribution in [2.24, 2.45) is 5.73 Å². The third-order valence-corrected chi connectivity index (χ3v) is 3.08. The molecule has 4 N–H and O–H groups in total.